The number of unbranched alkanes of at least 4 members (excludes halogenated alkanes) is 6. The molecule has 0 aliphatic carbocycles. The Labute approximate surface area is 102 Å². The maximum absolute atomic E-state index is 10.6. The second-order valence-electron chi connectivity index (χ2n) is 4.27. The lowest BCUT2D eigenvalue weighted by molar-refractivity contribution is -0.109. The standard InChI is InChI=1S/C12H23IO/c1-3-4-5-6-7-8-9-10-12(2,13)11-14/h11H,3-10H2,1-2H3. The zero-order valence-electron chi connectivity index (χ0n) is 9.52. The summed E-state index contributed by atoms with van der Waals surface area (Å²) in [4.78, 5) is 10.6. The van der Waals surface area contributed by atoms with Crippen molar-refractivity contribution in [1.82, 2.24) is 0 Å². The average molecular weight is 310 g/mol. The minimum atomic E-state index is -0.124. The summed E-state index contributed by atoms with van der Waals surface area (Å²) in [6.07, 6.45) is 11.4. The minimum absolute atomic E-state index is 0.124. The molecule has 0 rings (SSSR count). The SMILES string of the molecule is CCCCCCCCCC(C)(I)C=O. The number of carbonyl (C=O) groups is 1. The van der Waals surface area contributed by atoms with Crippen LogP contribution in [0.5, 0.6) is 0 Å². The van der Waals surface area contributed by atoms with E-state index in [9.17, 15) is 4.79 Å². The fraction of sp³-hybridized carbons (Fsp3) is 0.917. The van der Waals surface area contributed by atoms with Crippen molar-refractivity contribution in [3.63, 3.8) is 0 Å². The molecular weight excluding hydrogens is 287 g/mol. The number of aldehydes is 1. The molecule has 0 fully saturated rings. The molecule has 2 heteroatoms. The predicted octanol–water partition coefficient (Wildman–Crippen LogP) is 4.52. The summed E-state index contributed by atoms with van der Waals surface area (Å²) in [6.45, 7) is 4.25. The van der Waals surface area contributed by atoms with Gasteiger partial charge in [0.1, 0.15) is 6.29 Å². The Morgan fingerprint density at radius 3 is 2.07 bits per heavy atom. The maximum Gasteiger partial charge on any atom is 0.135 e. The second kappa shape index (κ2) is 8.69. The Bertz CT molecular complexity index is 143. The maximum atomic E-state index is 10.6. The molecule has 0 aromatic heterocycles. The Morgan fingerprint density at radius 1 is 1.07 bits per heavy atom. The summed E-state index contributed by atoms with van der Waals surface area (Å²) in [5.74, 6) is 0. The number of alkyl halides is 1. The van der Waals surface area contributed by atoms with Crippen LogP contribution in [0.25, 0.3) is 0 Å². The molecule has 0 radical (unpaired) electrons. The summed E-state index contributed by atoms with van der Waals surface area (Å²) >= 11 is 2.25. The molecule has 0 bridgehead atoms. The normalized spacial score (nSPS) is 15.1. The topological polar surface area (TPSA) is 17.1 Å². The first-order chi connectivity index (χ1) is 6.62. The molecule has 1 nitrogen and oxygen atoms in total. The lowest BCUT2D eigenvalue weighted by Crippen LogP contribution is -2.16. The zero-order valence-corrected chi connectivity index (χ0v) is 11.7. The van der Waals surface area contributed by atoms with Gasteiger partial charge in [0.25, 0.3) is 0 Å². The van der Waals surface area contributed by atoms with E-state index in [1.807, 2.05) is 6.92 Å². The molecule has 0 aliphatic heterocycles. The molecule has 1 atom stereocenters. The van der Waals surface area contributed by atoms with Crippen LogP contribution in [0.15, 0.2) is 0 Å². The third-order valence-corrected chi connectivity index (χ3v) is 3.31. The molecule has 0 heterocycles. The van der Waals surface area contributed by atoms with Gasteiger partial charge in [-0.15, -0.1) is 0 Å². The van der Waals surface area contributed by atoms with Gasteiger partial charge in [-0.05, 0) is 13.3 Å². The number of halogens is 1. The van der Waals surface area contributed by atoms with Gasteiger partial charge >= 0.3 is 0 Å². The van der Waals surface area contributed by atoms with Crippen LogP contribution in [0, 0.1) is 0 Å². The van der Waals surface area contributed by atoms with Gasteiger partial charge < -0.3 is 4.79 Å². The third kappa shape index (κ3) is 8.97. The summed E-state index contributed by atoms with van der Waals surface area (Å²) < 4.78 is -0.124. The van der Waals surface area contributed by atoms with E-state index in [0.29, 0.717) is 0 Å². The molecule has 0 saturated heterocycles. The number of carbonyl (C=O) groups excluding carboxylic acids is 1. The molecule has 0 aromatic rings. The number of rotatable bonds is 9. The monoisotopic (exact) mass is 310 g/mol. The predicted molar refractivity (Wildman–Crippen MR) is 71.1 cm³/mol. The van der Waals surface area contributed by atoms with E-state index in [1.54, 1.807) is 0 Å². The highest BCUT2D eigenvalue weighted by atomic mass is 127. The van der Waals surface area contributed by atoms with E-state index < -0.39 is 0 Å². The highest BCUT2D eigenvalue weighted by molar-refractivity contribution is 14.1. The lowest BCUT2D eigenvalue weighted by atomic mass is 10.0. The van der Waals surface area contributed by atoms with Crippen LogP contribution in [0.2, 0.25) is 0 Å². The molecule has 0 aliphatic rings. The van der Waals surface area contributed by atoms with Crippen LogP contribution < -0.4 is 0 Å². The van der Waals surface area contributed by atoms with Crippen molar-refractivity contribution >= 4 is 28.9 Å². The molecule has 0 amide bonds. The molecule has 84 valence electrons. The summed E-state index contributed by atoms with van der Waals surface area (Å²) in [5, 5.41) is 0. The Hall–Kier alpha value is 0.400. The van der Waals surface area contributed by atoms with Crippen molar-refractivity contribution in [2.75, 3.05) is 0 Å². The largest absolute Gasteiger partial charge is 0.302 e. The van der Waals surface area contributed by atoms with Gasteiger partial charge in [0, 0.05) is 0 Å². The van der Waals surface area contributed by atoms with Gasteiger partial charge in [-0.1, -0.05) is 74.5 Å². The van der Waals surface area contributed by atoms with E-state index >= 15 is 0 Å². The van der Waals surface area contributed by atoms with Gasteiger partial charge in [-0.2, -0.15) is 0 Å². The fourth-order valence-corrected chi connectivity index (χ4v) is 1.87. The highest BCUT2D eigenvalue weighted by Gasteiger charge is 2.17. The molecule has 0 saturated carbocycles. The van der Waals surface area contributed by atoms with Crippen molar-refractivity contribution in [3.8, 4) is 0 Å². The van der Waals surface area contributed by atoms with Crippen LogP contribution in [-0.4, -0.2) is 9.71 Å². The van der Waals surface area contributed by atoms with E-state index in [2.05, 4.69) is 29.5 Å². The van der Waals surface area contributed by atoms with Gasteiger partial charge in [-0.3, -0.25) is 0 Å². The first-order valence-electron chi connectivity index (χ1n) is 5.77. The van der Waals surface area contributed by atoms with Gasteiger partial charge in [0.2, 0.25) is 0 Å². The molecule has 14 heavy (non-hydrogen) atoms. The van der Waals surface area contributed by atoms with E-state index in [-0.39, 0.29) is 3.42 Å². The zero-order chi connectivity index (χ0) is 10.9. The Morgan fingerprint density at radius 2 is 1.57 bits per heavy atom. The van der Waals surface area contributed by atoms with Crippen molar-refractivity contribution in [1.29, 1.82) is 0 Å². The van der Waals surface area contributed by atoms with Crippen molar-refractivity contribution in [3.05, 3.63) is 0 Å². The molecule has 0 spiro atoms. The Balaban J connectivity index is 3.17. The van der Waals surface area contributed by atoms with E-state index in [1.165, 1.54) is 44.9 Å². The summed E-state index contributed by atoms with van der Waals surface area (Å²) in [6, 6.07) is 0. The smallest absolute Gasteiger partial charge is 0.135 e. The van der Waals surface area contributed by atoms with Crippen LogP contribution in [0.3, 0.4) is 0 Å². The first kappa shape index (κ1) is 14.4. The second-order valence-corrected chi connectivity index (χ2v) is 6.73. The minimum Gasteiger partial charge on any atom is -0.302 e. The fourth-order valence-electron chi connectivity index (χ4n) is 1.49. The summed E-state index contributed by atoms with van der Waals surface area (Å²) in [7, 11) is 0. The van der Waals surface area contributed by atoms with Crippen LogP contribution >= 0.6 is 22.6 Å². The van der Waals surface area contributed by atoms with E-state index in [4.69, 9.17) is 0 Å². The van der Waals surface area contributed by atoms with Crippen LogP contribution in [0.1, 0.15) is 65.2 Å². The van der Waals surface area contributed by atoms with Crippen molar-refractivity contribution in [2.24, 2.45) is 0 Å². The quantitative estimate of drug-likeness (QED) is 0.265. The number of hydrogen-bond acceptors (Lipinski definition) is 1. The number of hydrogen-bond donors (Lipinski definition) is 0. The van der Waals surface area contributed by atoms with E-state index in [0.717, 1.165) is 12.7 Å². The van der Waals surface area contributed by atoms with Gasteiger partial charge in [0.15, 0.2) is 0 Å². The molecular formula is C12H23IO. The average Bonchev–Trinajstić information content (AvgIpc) is 2.16. The Kier molecular flexibility index (Phi) is 8.94. The highest BCUT2D eigenvalue weighted by Crippen LogP contribution is 2.23. The third-order valence-electron chi connectivity index (χ3n) is 2.51. The molecule has 0 aromatic carbocycles. The van der Waals surface area contributed by atoms with Gasteiger partial charge in [-0.25, -0.2) is 0 Å². The first-order valence-corrected chi connectivity index (χ1v) is 6.85. The lowest BCUT2D eigenvalue weighted by Gasteiger charge is -2.13. The van der Waals surface area contributed by atoms with Gasteiger partial charge in [0.05, 0.1) is 3.42 Å². The molecule has 0 N–H and O–H groups in total. The van der Waals surface area contributed by atoms with Crippen molar-refractivity contribution < 1.29 is 4.79 Å². The van der Waals surface area contributed by atoms with Crippen LogP contribution in [0.4, 0.5) is 0 Å². The molecule has 1 unspecified atom stereocenters. The summed E-state index contributed by atoms with van der Waals surface area (Å²) in [5.41, 5.74) is 0. The van der Waals surface area contributed by atoms with Crippen LogP contribution in [-0.2, 0) is 4.79 Å². The van der Waals surface area contributed by atoms with Crippen molar-refractivity contribution in [2.45, 2.75) is 68.6 Å².